The smallest absolute Gasteiger partial charge is 0.262 e. The molecule has 28 heavy (non-hydrogen) atoms. The Morgan fingerprint density at radius 2 is 2.07 bits per heavy atom. The van der Waals surface area contributed by atoms with E-state index >= 15 is 0 Å². The number of amides is 1. The summed E-state index contributed by atoms with van der Waals surface area (Å²) < 4.78 is 7.54. The van der Waals surface area contributed by atoms with Gasteiger partial charge in [0.2, 0.25) is 5.91 Å². The second kappa shape index (κ2) is 11.0. The van der Waals surface area contributed by atoms with Gasteiger partial charge in [-0.25, -0.2) is 4.98 Å². The number of ether oxygens (including phenoxy) is 1. The Kier molecular flexibility index (Phi) is 8.98. The van der Waals surface area contributed by atoms with Crippen LogP contribution in [-0.2, 0) is 16.1 Å². The number of rotatable bonds is 10. The van der Waals surface area contributed by atoms with E-state index in [1.165, 1.54) is 11.8 Å². The van der Waals surface area contributed by atoms with Crippen LogP contribution in [0.5, 0.6) is 0 Å². The quantitative estimate of drug-likeness (QED) is 0.422. The molecule has 2 aromatic rings. The van der Waals surface area contributed by atoms with E-state index in [4.69, 9.17) is 4.74 Å². The van der Waals surface area contributed by atoms with Gasteiger partial charge in [0.05, 0.1) is 29.8 Å². The van der Waals surface area contributed by atoms with Crippen molar-refractivity contribution in [2.75, 3.05) is 19.5 Å². The Morgan fingerprint density at radius 3 is 2.75 bits per heavy atom. The number of benzene rings is 1. The molecule has 1 heterocycles. The molecule has 0 unspecified atom stereocenters. The second-order valence-electron chi connectivity index (χ2n) is 7.23. The molecule has 0 bridgehead atoms. The molecule has 0 aliphatic heterocycles. The summed E-state index contributed by atoms with van der Waals surface area (Å²) in [4.78, 5) is 29.8. The van der Waals surface area contributed by atoms with Crippen LogP contribution in [0.4, 0.5) is 0 Å². The molecule has 1 aromatic carbocycles. The molecule has 1 N–H and O–H groups in total. The summed E-state index contributed by atoms with van der Waals surface area (Å²) in [6.45, 7) is 7.15. The molecule has 1 aromatic heterocycles. The van der Waals surface area contributed by atoms with Crippen LogP contribution in [0.25, 0.3) is 10.9 Å². The van der Waals surface area contributed by atoms with Crippen LogP contribution in [-0.4, -0.2) is 41.0 Å². The van der Waals surface area contributed by atoms with Crippen molar-refractivity contribution in [1.29, 1.82) is 0 Å². The van der Waals surface area contributed by atoms with Crippen molar-refractivity contribution in [3.8, 4) is 0 Å². The Morgan fingerprint density at radius 1 is 1.32 bits per heavy atom. The van der Waals surface area contributed by atoms with Gasteiger partial charge in [0.15, 0.2) is 5.16 Å². The minimum Gasteiger partial charge on any atom is -0.383 e. The first-order valence-electron chi connectivity index (χ1n) is 9.43. The summed E-state index contributed by atoms with van der Waals surface area (Å²) in [7, 11) is 1.59. The van der Waals surface area contributed by atoms with Crippen LogP contribution in [0, 0.1) is 5.92 Å². The number of hydrogen-bond acceptors (Lipinski definition) is 5. The standard InChI is InChI=1S/C20H28BrN3O3S/c1-13(2)5-6-14(3)22-18(25)12-28-20-23-17-8-7-15(21)11-16(17)19(26)24(20)9-10-27-4/h7-8,11,13-14H,5-6,9-10,12H2,1-4H3,(H,22,25)/t14-/m1/s1. The Balaban J connectivity index is 2.15. The molecule has 0 aliphatic rings. The first-order chi connectivity index (χ1) is 13.3. The van der Waals surface area contributed by atoms with Crippen LogP contribution in [0.1, 0.15) is 33.6 Å². The lowest BCUT2D eigenvalue weighted by atomic mass is 10.0. The van der Waals surface area contributed by atoms with E-state index in [0.717, 1.165) is 17.3 Å². The molecule has 6 nitrogen and oxygen atoms in total. The van der Waals surface area contributed by atoms with Gasteiger partial charge in [-0.1, -0.05) is 41.5 Å². The normalized spacial score (nSPS) is 12.5. The third-order valence-electron chi connectivity index (χ3n) is 4.32. The molecule has 0 radical (unpaired) electrons. The van der Waals surface area contributed by atoms with Crippen molar-refractivity contribution in [1.82, 2.24) is 14.9 Å². The molecular formula is C20H28BrN3O3S. The lowest BCUT2D eigenvalue weighted by Gasteiger charge is -2.16. The van der Waals surface area contributed by atoms with Crippen LogP contribution in [0.3, 0.4) is 0 Å². The van der Waals surface area contributed by atoms with Crippen molar-refractivity contribution in [3.05, 3.63) is 33.0 Å². The number of carbonyl (C=O) groups excluding carboxylic acids is 1. The Labute approximate surface area is 178 Å². The van der Waals surface area contributed by atoms with Crippen molar-refractivity contribution in [3.63, 3.8) is 0 Å². The fraction of sp³-hybridized carbons (Fsp3) is 0.550. The molecule has 0 saturated carbocycles. The Hall–Kier alpha value is -1.38. The highest BCUT2D eigenvalue weighted by Gasteiger charge is 2.15. The number of carbonyl (C=O) groups is 1. The lowest BCUT2D eigenvalue weighted by Crippen LogP contribution is -2.34. The number of hydrogen-bond donors (Lipinski definition) is 1. The first-order valence-corrected chi connectivity index (χ1v) is 11.2. The van der Waals surface area contributed by atoms with Crippen molar-refractivity contribution >= 4 is 44.5 Å². The zero-order valence-electron chi connectivity index (χ0n) is 16.8. The van der Waals surface area contributed by atoms with E-state index in [9.17, 15) is 9.59 Å². The van der Waals surface area contributed by atoms with E-state index < -0.39 is 0 Å². The fourth-order valence-electron chi connectivity index (χ4n) is 2.76. The third kappa shape index (κ3) is 6.60. The molecule has 154 valence electrons. The van der Waals surface area contributed by atoms with Gasteiger partial charge in [-0.2, -0.15) is 0 Å². The van der Waals surface area contributed by atoms with Gasteiger partial charge < -0.3 is 10.1 Å². The predicted molar refractivity (Wildman–Crippen MR) is 118 cm³/mol. The molecule has 8 heteroatoms. The monoisotopic (exact) mass is 469 g/mol. The summed E-state index contributed by atoms with van der Waals surface area (Å²) in [6.07, 6.45) is 2.03. The summed E-state index contributed by atoms with van der Waals surface area (Å²) in [5.74, 6) is 0.781. The number of fused-ring (bicyclic) bond motifs is 1. The number of thioether (sulfide) groups is 1. The van der Waals surface area contributed by atoms with Gasteiger partial charge in [0.25, 0.3) is 5.56 Å². The zero-order chi connectivity index (χ0) is 20.7. The van der Waals surface area contributed by atoms with Gasteiger partial charge in [0.1, 0.15) is 0 Å². The molecular weight excluding hydrogens is 442 g/mol. The Bertz CT molecular complexity index is 870. The van der Waals surface area contributed by atoms with Crippen molar-refractivity contribution < 1.29 is 9.53 Å². The molecule has 2 rings (SSSR count). The molecule has 1 atom stereocenters. The van der Waals surface area contributed by atoms with Crippen LogP contribution in [0.15, 0.2) is 32.6 Å². The molecule has 0 fully saturated rings. The van der Waals surface area contributed by atoms with Crippen LogP contribution >= 0.6 is 27.7 Å². The predicted octanol–water partition coefficient (Wildman–Crippen LogP) is 3.84. The van der Waals surface area contributed by atoms with Crippen molar-refractivity contribution in [2.24, 2.45) is 5.92 Å². The highest BCUT2D eigenvalue weighted by atomic mass is 79.9. The second-order valence-corrected chi connectivity index (χ2v) is 9.09. The molecule has 0 spiro atoms. The van der Waals surface area contributed by atoms with Crippen LogP contribution in [0.2, 0.25) is 0 Å². The number of nitrogens with one attached hydrogen (secondary N) is 1. The zero-order valence-corrected chi connectivity index (χ0v) is 19.2. The van der Waals surface area contributed by atoms with Gasteiger partial charge in [-0.15, -0.1) is 0 Å². The number of aromatic nitrogens is 2. The topological polar surface area (TPSA) is 73.2 Å². The molecule has 0 aliphatic carbocycles. The number of nitrogens with zero attached hydrogens (tertiary/aromatic N) is 2. The van der Waals surface area contributed by atoms with E-state index in [0.29, 0.717) is 35.1 Å². The fourth-order valence-corrected chi connectivity index (χ4v) is 3.96. The minimum atomic E-state index is -0.128. The minimum absolute atomic E-state index is 0.0512. The number of methoxy groups -OCH3 is 1. The first kappa shape index (κ1) is 22.9. The average molecular weight is 470 g/mol. The van der Waals surface area contributed by atoms with E-state index in [-0.39, 0.29) is 23.3 Å². The third-order valence-corrected chi connectivity index (χ3v) is 5.79. The van der Waals surface area contributed by atoms with Gasteiger partial charge in [0, 0.05) is 17.6 Å². The summed E-state index contributed by atoms with van der Waals surface area (Å²) in [5, 5.41) is 4.09. The maximum atomic E-state index is 12.9. The summed E-state index contributed by atoms with van der Waals surface area (Å²) >= 11 is 4.68. The van der Waals surface area contributed by atoms with Gasteiger partial charge in [-0.3, -0.25) is 14.2 Å². The van der Waals surface area contributed by atoms with Crippen molar-refractivity contribution in [2.45, 2.75) is 51.4 Å². The maximum absolute atomic E-state index is 12.9. The van der Waals surface area contributed by atoms with E-state index in [2.05, 4.69) is 40.1 Å². The molecule has 1 amide bonds. The highest BCUT2D eigenvalue weighted by Crippen LogP contribution is 2.20. The van der Waals surface area contributed by atoms with E-state index in [1.807, 2.05) is 13.0 Å². The lowest BCUT2D eigenvalue weighted by molar-refractivity contribution is -0.119. The molecule has 0 saturated heterocycles. The van der Waals surface area contributed by atoms with Gasteiger partial charge in [-0.05, 0) is 43.9 Å². The average Bonchev–Trinajstić information content (AvgIpc) is 2.64. The van der Waals surface area contributed by atoms with Crippen LogP contribution < -0.4 is 10.9 Å². The maximum Gasteiger partial charge on any atom is 0.262 e. The summed E-state index contributed by atoms with van der Waals surface area (Å²) in [5.41, 5.74) is 0.492. The van der Waals surface area contributed by atoms with E-state index in [1.54, 1.807) is 23.8 Å². The number of halogens is 1. The van der Waals surface area contributed by atoms with Gasteiger partial charge >= 0.3 is 0 Å². The summed E-state index contributed by atoms with van der Waals surface area (Å²) in [6, 6.07) is 5.56. The SMILES string of the molecule is COCCn1c(SCC(=O)N[C@H](C)CCC(C)C)nc2ccc(Br)cc2c1=O. The largest absolute Gasteiger partial charge is 0.383 e. The highest BCUT2D eigenvalue weighted by molar-refractivity contribution is 9.10.